The highest BCUT2D eigenvalue weighted by Crippen LogP contribution is 2.26. The molecule has 0 aromatic carbocycles. The minimum Gasteiger partial charge on any atom is -0.329 e. The van der Waals surface area contributed by atoms with Crippen molar-refractivity contribution in [3.8, 4) is 0 Å². The van der Waals surface area contributed by atoms with E-state index in [0.717, 1.165) is 6.54 Å². The molecule has 3 nitrogen and oxygen atoms in total. The average Bonchev–Trinajstić information content (AvgIpc) is 1.98. The number of hydrogen-bond donors (Lipinski definition) is 1. The first-order chi connectivity index (χ1) is 5.56. The molecule has 1 aliphatic rings. The largest absolute Gasteiger partial charge is 0.329 e. The van der Waals surface area contributed by atoms with E-state index in [0.29, 0.717) is 6.54 Å². The van der Waals surface area contributed by atoms with Crippen LogP contribution >= 0.6 is 0 Å². The lowest BCUT2D eigenvalue weighted by Gasteiger charge is -2.28. The molecule has 0 spiro atoms. The molecule has 3 heteroatoms. The van der Waals surface area contributed by atoms with Crippen LogP contribution in [0.25, 0.3) is 0 Å². The molecule has 1 aliphatic heterocycles. The van der Waals surface area contributed by atoms with Gasteiger partial charge in [0.2, 0.25) is 0 Å². The third kappa shape index (κ3) is 1.85. The van der Waals surface area contributed by atoms with E-state index in [4.69, 9.17) is 5.73 Å². The van der Waals surface area contributed by atoms with Crippen LogP contribution in [0.3, 0.4) is 0 Å². The zero-order chi connectivity index (χ0) is 9.19. The first kappa shape index (κ1) is 9.26. The lowest BCUT2D eigenvalue weighted by molar-refractivity contribution is 0.380. The normalized spacial score (nSPS) is 21.0. The van der Waals surface area contributed by atoms with E-state index in [-0.39, 0.29) is 5.41 Å². The van der Waals surface area contributed by atoms with E-state index in [1.807, 2.05) is 11.2 Å². The van der Waals surface area contributed by atoms with Gasteiger partial charge in [-0.2, -0.15) is 5.10 Å². The second-order valence-corrected chi connectivity index (χ2v) is 3.73. The summed E-state index contributed by atoms with van der Waals surface area (Å²) in [6.07, 6.45) is 4.03. The fourth-order valence-corrected chi connectivity index (χ4v) is 0.998. The van der Waals surface area contributed by atoms with Crippen molar-refractivity contribution in [3.05, 3.63) is 11.8 Å². The van der Waals surface area contributed by atoms with Crippen LogP contribution < -0.4 is 5.73 Å². The third-order valence-electron chi connectivity index (χ3n) is 2.25. The topological polar surface area (TPSA) is 41.6 Å². The van der Waals surface area contributed by atoms with Crippen molar-refractivity contribution in [2.24, 2.45) is 16.3 Å². The molecule has 0 saturated heterocycles. The predicted octanol–water partition coefficient (Wildman–Crippen LogP) is 1.18. The Morgan fingerprint density at radius 2 is 2.25 bits per heavy atom. The van der Waals surface area contributed by atoms with Gasteiger partial charge in [0.1, 0.15) is 0 Å². The number of allylic oxidation sites excluding steroid dienone is 1. The number of hydrogen-bond acceptors (Lipinski definition) is 3. The summed E-state index contributed by atoms with van der Waals surface area (Å²) in [6.45, 7) is 7.87. The zero-order valence-corrected chi connectivity index (χ0v) is 8.04. The summed E-state index contributed by atoms with van der Waals surface area (Å²) >= 11 is 0. The van der Waals surface area contributed by atoms with Gasteiger partial charge in [0.25, 0.3) is 0 Å². The molecule has 1 rings (SSSR count). The van der Waals surface area contributed by atoms with Crippen molar-refractivity contribution in [3.63, 3.8) is 0 Å². The second kappa shape index (κ2) is 3.27. The van der Waals surface area contributed by atoms with Crippen molar-refractivity contribution in [2.45, 2.75) is 20.8 Å². The highest BCUT2D eigenvalue weighted by atomic mass is 15.4. The first-order valence-corrected chi connectivity index (χ1v) is 4.27. The summed E-state index contributed by atoms with van der Waals surface area (Å²) in [5.41, 5.74) is 6.85. The first-order valence-electron chi connectivity index (χ1n) is 4.27. The van der Waals surface area contributed by atoms with Crippen molar-refractivity contribution < 1.29 is 0 Å². The smallest absolute Gasteiger partial charge is 0.0531 e. The lowest BCUT2D eigenvalue weighted by atomic mass is 9.86. The summed E-state index contributed by atoms with van der Waals surface area (Å²) < 4.78 is 0. The maximum atomic E-state index is 5.43. The van der Waals surface area contributed by atoms with Crippen molar-refractivity contribution in [1.29, 1.82) is 0 Å². The van der Waals surface area contributed by atoms with Crippen LogP contribution in [-0.4, -0.2) is 24.3 Å². The van der Waals surface area contributed by atoms with Crippen molar-refractivity contribution >= 4 is 6.21 Å². The number of nitrogens with two attached hydrogens (primary N) is 1. The highest BCUT2D eigenvalue weighted by Gasteiger charge is 2.21. The number of nitrogens with zero attached hydrogens (tertiary/aromatic N) is 2. The van der Waals surface area contributed by atoms with Gasteiger partial charge < -0.3 is 5.73 Å². The molecule has 0 bridgehead atoms. The monoisotopic (exact) mass is 167 g/mol. The lowest BCUT2D eigenvalue weighted by Crippen LogP contribution is -2.28. The van der Waals surface area contributed by atoms with Crippen LogP contribution in [0.2, 0.25) is 0 Å². The van der Waals surface area contributed by atoms with Gasteiger partial charge in [0.05, 0.1) is 6.54 Å². The Kier molecular flexibility index (Phi) is 2.52. The number of hydrazone groups is 1. The zero-order valence-electron chi connectivity index (χ0n) is 8.04. The van der Waals surface area contributed by atoms with Crippen LogP contribution in [0.4, 0.5) is 0 Å². The Hall–Kier alpha value is -0.830. The summed E-state index contributed by atoms with van der Waals surface area (Å²) in [4.78, 5) is 0. The quantitative estimate of drug-likeness (QED) is 0.671. The van der Waals surface area contributed by atoms with Crippen molar-refractivity contribution in [1.82, 2.24) is 5.01 Å². The molecule has 0 amide bonds. The van der Waals surface area contributed by atoms with E-state index >= 15 is 0 Å². The maximum Gasteiger partial charge on any atom is 0.0531 e. The molecule has 0 saturated carbocycles. The Bertz CT molecular complexity index is 216. The van der Waals surface area contributed by atoms with Gasteiger partial charge in [0.15, 0.2) is 0 Å². The Balaban J connectivity index is 2.69. The van der Waals surface area contributed by atoms with Crippen LogP contribution in [0, 0.1) is 5.41 Å². The molecule has 68 valence electrons. The third-order valence-corrected chi connectivity index (χ3v) is 2.25. The number of rotatable bonds is 2. The van der Waals surface area contributed by atoms with Gasteiger partial charge in [0, 0.05) is 24.4 Å². The molecule has 0 aromatic heterocycles. The molecule has 0 radical (unpaired) electrons. The molecule has 0 atom stereocenters. The fourth-order valence-electron chi connectivity index (χ4n) is 0.998. The minimum absolute atomic E-state index is 0.102. The molecule has 0 aromatic rings. The van der Waals surface area contributed by atoms with Crippen LogP contribution in [-0.2, 0) is 0 Å². The van der Waals surface area contributed by atoms with E-state index < -0.39 is 0 Å². The highest BCUT2D eigenvalue weighted by molar-refractivity contribution is 5.70. The standard InChI is InChI=1S/C9H17N3/c1-8-6-12(5-4-10)11-7-9(8,2)3/h6-7H,4-5,10H2,1-3H3. The van der Waals surface area contributed by atoms with E-state index in [1.54, 1.807) is 0 Å². The van der Waals surface area contributed by atoms with Gasteiger partial charge in [-0.3, -0.25) is 5.01 Å². The Morgan fingerprint density at radius 3 is 2.75 bits per heavy atom. The van der Waals surface area contributed by atoms with Crippen LogP contribution in [0.5, 0.6) is 0 Å². The molecular formula is C9H17N3. The van der Waals surface area contributed by atoms with E-state index in [1.165, 1.54) is 5.57 Å². The summed E-state index contributed by atoms with van der Waals surface area (Å²) in [5.74, 6) is 0. The van der Waals surface area contributed by atoms with Crippen LogP contribution in [0.1, 0.15) is 20.8 Å². The van der Waals surface area contributed by atoms with Gasteiger partial charge in [-0.05, 0) is 12.5 Å². The summed E-state index contributed by atoms with van der Waals surface area (Å²) in [6, 6.07) is 0. The van der Waals surface area contributed by atoms with E-state index in [2.05, 4.69) is 32.1 Å². The molecule has 12 heavy (non-hydrogen) atoms. The van der Waals surface area contributed by atoms with Crippen LogP contribution in [0.15, 0.2) is 16.9 Å². The van der Waals surface area contributed by atoms with Gasteiger partial charge in [-0.25, -0.2) is 0 Å². The summed E-state index contributed by atoms with van der Waals surface area (Å²) in [7, 11) is 0. The van der Waals surface area contributed by atoms with E-state index in [9.17, 15) is 0 Å². The molecular weight excluding hydrogens is 150 g/mol. The van der Waals surface area contributed by atoms with Gasteiger partial charge >= 0.3 is 0 Å². The second-order valence-electron chi connectivity index (χ2n) is 3.73. The average molecular weight is 167 g/mol. The summed E-state index contributed by atoms with van der Waals surface area (Å²) in [5, 5.41) is 6.16. The minimum atomic E-state index is 0.102. The van der Waals surface area contributed by atoms with Gasteiger partial charge in [-0.15, -0.1) is 0 Å². The Labute approximate surface area is 73.9 Å². The fraction of sp³-hybridized carbons (Fsp3) is 0.667. The molecule has 0 fully saturated rings. The molecule has 1 heterocycles. The van der Waals surface area contributed by atoms with Gasteiger partial charge in [-0.1, -0.05) is 13.8 Å². The molecule has 0 aliphatic carbocycles. The maximum absolute atomic E-state index is 5.43. The molecule has 0 unspecified atom stereocenters. The van der Waals surface area contributed by atoms with Crippen molar-refractivity contribution in [2.75, 3.05) is 13.1 Å². The SMILES string of the molecule is CC1=CN(CCN)N=CC1(C)C. The molecule has 2 N–H and O–H groups in total. The Morgan fingerprint density at radius 1 is 1.58 bits per heavy atom. The predicted molar refractivity (Wildman–Crippen MR) is 51.8 cm³/mol.